The Labute approximate surface area is 112 Å². The zero-order chi connectivity index (χ0) is 12.4. The van der Waals surface area contributed by atoms with E-state index < -0.39 is 0 Å². The molecule has 1 N–H and O–H groups in total. The van der Waals surface area contributed by atoms with E-state index in [1.165, 1.54) is 15.8 Å². The van der Waals surface area contributed by atoms with Gasteiger partial charge in [0.1, 0.15) is 0 Å². The molecular weight excluding hydrogens is 242 g/mol. The molecule has 0 saturated carbocycles. The molecule has 96 valence electrons. The normalized spacial score (nSPS) is 17.2. The highest BCUT2D eigenvalue weighted by atomic mass is 32.1. The molecule has 1 fully saturated rings. The number of fused-ring (bicyclic) bond motifs is 1. The van der Waals surface area contributed by atoms with Gasteiger partial charge in [-0.05, 0) is 6.07 Å². The van der Waals surface area contributed by atoms with Crippen molar-refractivity contribution in [1.82, 2.24) is 10.2 Å². The molecule has 1 aromatic carbocycles. The van der Waals surface area contributed by atoms with Gasteiger partial charge in [0.2, 0.25) is 0 Å². The molecule has 0 unspecified atom stereocenters. The summed E-state index contributed by atoms with van der Waals surface area (Å²) < 4.78 is 1.37. The molecule has 0 aliphatic carbocycles. The summed E-state index contributed by atoms with van der Waals surface area (Å²) in [7, 11) is 2.19. The van der Waals surface area contributed by atoms with E-state index in [0.717, 1.165) is 32.8 Å². The summed E-state index contributed by atoms with van der Waals surface area (Å²) in [5.74, 6) is 0. The zero-order valence-electron chi connectivity index (χ0n) is 10.7. The SMILES string of the molecule is CN(CN1CCNCC1)c1csc2ccccc12. The van der Waals surface area contributed by atoms with Gasteiger partial charge in [0, 0.05) is 48.7 Å². The van der Waals surface area contributed by atoms with Crippen molar-refractivity contribution in [3.63, 3.8) is 0 Å². The highest BCUT2D eigenvalue weighted by molar-refractivity contribution is 7.17. The molecule has 1 saturated heterocycles. The van der Waals surface area contributed by atoms with E-state index >= 15 is 0 Å². The van der Waals surface area contributed by atoms with Crippen LogP contribution >= 0.6 is 11.3 Å². The number of hydrogen-bond donors (Lipinski definition) is 1. The molecule has 0 bridgehead atoms. The van der Waals surface area contributed by atoms with Gasteiger partial charge >= 0.3 is 0 Å². The maximum absolute atomic E-state index is 3.39. The maximum atomic E-state index is 3.39. The second kappa shape index (κ2) is 5.26. The minimum absolute atomic E-state index is 1.02. The Bertz CT molecular complexity index is 516. The van der Waals surface area contributed by atoms with Crippen LogP contribution in [0.4, 0.5) is 5.69 Å². The first kappa shape index (κ1) is 12.0. The van der Waals surface area contributed by atoms with Crippen LogP contribution in [0, 0.1) is 0 Å². The van der Waals surface area contributed by atoms with Gasteiger partial charge in [0.05, 0.1) is 12.4 Å². The van der Waals surface area contributed by atoms with E-state index in [0.29, 0.717) is 0 Å². The number of rotatable bonds is 3. The fourth-order valence-corrected chi connectivity index (χ4v) is 3.49. The van der Waals surface area contributed by atoms with E-state index in [9.17, 15) is 0 Å². The number of nitrogens with one attached hydrogen (secondary N) is 1. The fraction of sp³-hybridized carbons (Fsp3) is 0.429. The first-order valence-corrected chi connectivity index (χ1v) is 7.33. The summed E-state index contributed by atoms with van der Waals surface area (Å²) >= 11 is 1.83. The van der Waals surface area contributed by atoms with Crippen LogP contribution in [0.25, 0.3) is 10.1 Å². The van der Waals surface area contributed by atoms with Crippen molar-refractivity contribution >= 4 is 27.1 Å². The quantitative estimate of drug-likeness (QED) is 0.914. The Hall–Kier alpha value is -1.10. The van der Waals surface area contributed by atoms with Gasteiger partial charge < -0.3 is 10.2 Å². The standard InChI is InChI=1S/C14H19N3S/c1-16(11-17-8-6-15-7-9-17)13-10-18-14-5-3-2-4-12(13)14/h2-5,10,15H,6-9,11H2,1H3. The van der Waals surface area contributed by atoms with E-state index in [1.54, 1.807) is 0 Å². The number of thiophene rings is 1. The lowest BCUT2D eigenvalue weighted by atomic mass is 10.2. The number of nitrogens with zero attached hydrogens (tertiary/aromatic N) is 2. The predicted molar refractivity (Wildman–Crippen MR) is 79.5 cm³/mol. The van der Waals surface area contributed by atoms with Crippen LogP contribution < -0.4 is 10.2 Å². The molecule has 1 aromatic heterocycles. The number of anilines is 1. The lowest BCUT2D eigenvalue weighted by molar-refractivity contribution is 0.244. The largest absolute Gasteiger partial charge is 0.360 e. The van der Waals surface area contributed by atoms with Crippen LogP contribution in [0.2, 0.25) is 0 Å². The van der Waals surface area contributed by atoms with E-state index in [1.807, 2.05) is 11.3 Å². The average Bonchev–Trinajstić information content (AvgIpc) is 2.84. The van der Waals surface area contributed by atoms with Gasteiger partial charge in [-0.3, -0.25) is 4.90 Å². The lowest BCUT2D eigenvalue weighted by Crippen LogP contribution is -2.47. The third kappa shape index (κ3) is 2.36. The molecule has 2 heterocycles. The highest BCUT2D eigenvalue weighted by Crippen LogP contribution is 2.32. The Morgan fingerprint density at radius 2 is 2.06 bits per heavy atom. The highest BCUT2D eigenvalue weighted by Gasteiger charge is 2.14. The summed E-state index contributed by atoms with van der Waals surface area (Å²) in [6.07, 6.45) is 0. The Morgan fingerprint density at radius 1 is 1.28 bits per heavy atom. The Morgan fingerprint density at radius 3 is 2.89 bits per heavy atom. The molecule has 4 heteroatoms. The van der Waals surface area contributed by atoms with Gasteiger partial charge in [-0.2, -0.15) is 0 Å². The van der Waals surface area contributed by atoms with E-state index in [4.69, 9.17) is 0 Å². The average molecular weight is 261 g/mol. The molecule has 3 rings (SSSR count). The van der Waals surface area contributed by atoms with Crippen LogP contribution in [0.1, 0.15) is 0 Å². The number of piperazine rings is 1. The second-order valence-electron chi connectivity index (χ2n) is 4.82. The van der Waals surface area contributed by atoms with Gasteiger partial charge in [-0.1, -0.05) is 18.2 Å². The molecule has 3 nitrogen and oxygen atoms in total. The second-order valence-corrected chi connectivity index (χ2v) is 5.74. The van der Waals surface area contributed by atoms with Crippen LogP contribution in [0.15, 0.2) is 29.6 Å². The smallest absolute Gasteiger partial charge is 0.0705 e. The summed E-state index contributed by atoms with van der Waals surface area (Å²) in [6.45, 7) is 5.53. The molecule has 0 amide bonds. The van der Waals surface area contributed by atoms with Gasteiger partial charge in [-0.25, -0.2) is 0 Å². The summed E-state index contributed by atoms with van der Waals surface area (Å²) in [4.78, 5) is 4.87. The van der Waals surface area contributed by atoms with Crippen molar-refractivity contribution < 1.29 is 0 Å². The zero-order valence-corrected chi connectivity index (χ0v) is 11.5. The summed E-state index contributed by atoms with van der Waals surface area (Å²) in [6, 6.07) is 8.65. The van der Waals surface area contributed by atoms with Crippen molar-refractivity contribution in [2.75, 3.05) is 44.8 Å². The first-order valence-electron chi connectivity index (χ1n) is 6.45. The van der Waals surface area contributed by atoms with Crippen molar-refractivity contribution in [2.24, 2.45) is 0 Å². The third-order valence-electron chi connectivity index (χ3n) is 3.49. The molecule has 0 radical (unpaired) electrons. The Kier molecular flexibility index (Phi) is 3.50. The van der Waals surface area contributed by atoms with Crippen LogP contribution in [-0.4, -0.2) is 44.8 Å². The molecule has 1 aliphatic rings. The molecular formula is C14H19N3S. The summed E-state index contributed by atoms with van der Waals surface area (Å²) in [5.41, 5.74) is 1.36. The molecule has 0 atom stereocenters. The Balaban J connectivity index is 1.76. The number of hydrogen-bond acceptors (Lipinski definition) is 4. The third-order valence-corrected chi connectivity index (χ3v) is 4.44. The number of benzene rings is 1. The monoisotopic (exact) mass is 261 g/mol. The van der Waals surface area contributed by atoms with Crippen molar-refractivity contribution in [2.45, 2.75) is 0 Å². The first-order chi connectivity index (χ1) is 8.84. The summed E-state index contributed by atoms with van der Waals surface area (Å²) in [5, 5.41) is 7.04. The van der Waals surface area contributed by atoms with E-state index in [-0.39, 0.29) is 0 Å². The minimum atomic E-state index is 1.02. The van der Waals surface area contributed by atoms with Gasteiger partial charge in [0.15, 0.2) is 0 Å². The van der Waals surface area contributed by atoms with Crippen molar-refractivity contribution in [1.29, 1.82) is 0 Å². The van der Waals surface area contributed by atoms with Crippen LogP contribution in [0.5, 0.6) is 0 Å². The van der Waals surface area contributed by atoms with Crippen molar-refractivity contribution in [3.8, 4) is 0 Å². The molecule has 2 aromatic rings. The van der Waals surface area contributed by atoms with Gasteiger partial charge in [0.25, 0.3) is 0 Å². The van der Waals surface area contributed by atoms with Crippen LogP contribution in [0.3, 0.4) is 0 Å². The molecule has 1 aliphatic heterocycles. The molecule has 18 heavy (non-hydrogen) atoms. The minimum Gasteiger partial charge on any atom is -0.360 e. The lowest BCUT2D eigenvalue weighted by Gasteiger charge is -2.32. The van der Waals surface area contributed by atoms with Crippen molar-refractivity contribution in [3.05, 3.63) is 29.6 Å². The fourth-order valence-electron chi connectivity index (χ4n) is 2.49. The van der Waals surface area contributed by atoms with Gasteiger partial charge in [-0.15, -0.1) is 11.3 Å². The van der Waals surface area contributed by atoms with Crippen LogP contribution in [-0.2, 0) is 0 Å². The van der Waals surface area contributed by atoms with E-state index in [2.05, 4.69) is 51.8 Å². The molecule has 0 spiro atoms. The predicted octanol–water partition coefficient (Wildman–Crippen LogP) is 2.20. The maximum Gasteiger partial charge on any atom is 0.0705 e. The topological polar surface area (TPSA) is 18.5 Å².